The van der Waals surface area contributed by atoms with Crippen LogP contribution in [0.15, 0.2) is 11.6 Å². The second-order valence-corrected chi connectivity index (χ2v) is 8.92. The number of rotatable bonds is 0. The minimum absolute atomic E-state index is 0.00887. The Bertz CT molecular complexity index is 645. The molecule has 3 heteroatoms. The van der Waals surface area contributed by atoms with Gasteiger partial charge in [0.25, 0.3) is 0 Å². The molecular weight excluding hydrogens is 288 g/mol. The summed E-state index contributed by atoms with van der Waals surface area (Å²) < 4.78 is 0. The van der Waals surface area contributed by atoms with E-state index in [1.807, 2.05) is 13.0 Å². The molecule has 6 unspecified atom stereocenters. The number of Topliss-reactive ketones (excluding diaryl/α,β-unsaturated/α-hetero) is 2. The molecule has 4 aliphatic carbocycles. The van der Waals surface area contributed by atoms with Crippen LogP contribution < -0.4 is 0 Å². The zero-order chi connectivity index (χ0) is 16.6. The average Bonchev–Trinajstić information content (AvgIpc) is 2.76. The molecule has 23 heavy (non-hydrogen) atoms. The second-order valence-electron chi connectivity index (χ2n) is 8.92. The number of ketones is 3. The molecule has 3 fully saturated rings. The van der Waals surface area contributed by atoms with Crippen LogP contribution in [0.3, 0.4) is 0 Å². The Morgan fingerprint density at radius 3 is 2.57 bits per heavy atom. The highest BCUT2D eigenvalue weighted by Gasteiger charge is 2.63. The number of fused-ring (bicyclic) bond motifs is 5. The molecule has 6 atom stereocenters. The zero-order valence-electron chi connectivity index (χ0n) is 14.4. The van der Waals surface area contributed by atoms with E-state index in [0.29, 0.717) is 42.8 Å². The molecule has 3 nitrogen and oxygen atoms in total. The Kier molecular flexibility index (Phi) is 3.09. The molecule has 0 N–H and O–H groups in total. The molecule has 0 saturated heterocycles. The Hall–Kier alpha value is -1.25. The second kappa shape index (κ2) is 4.64. The van der Waals surface area contributed by atoms with Crippen molar-refractivity contribution in [3.63, 3.8) is 0 Å². The van der Waals surface area contributed by atoms with E-state index in [4.69, 9.17) is 0 Å². The minimum Gasteiger partial charge on any atom is -0.299 e. The van der Waals surface area contributed by atoms with Crippen LogP contribution in [0.2, 0.25) is 0 Å². The molecule has 0 aromatic heterocycles. The van der Waals surface area contributed by atoms with Crippen LogP contribution in [-0.4, -0.2) is 17.3 Å². The highest BCUT2D eigenvalue weighted by atomic mass is 16.1. The lowest BCUT2D eigenvalue weighted by atomic mass is 9.45. The first-order valence-corrected chi connectivity index (χ1v) is 9.07. The van der Waals surface area contributed by atoms with Gasteiger partial charge in [0.15, 0.2) is 5.78 Å². The summed E-state index contributed by atoms with van der Waals surface area (Å²) in [6, 6.07) is 0. The molecule has 0 amide bonds. The van der Waals surface area contributed by atoms with Gasteiger partial charge in [0.2, 0.25) is 0 Å². The summed E-state index contributed by atoms with van der Waals surface area (Å²) in [5, 5.41) is 0. The van der Waals surface area contributed by atoms with Crippen molar-refractivity contribution >= 4 is 17.3 Å². The van der Waals surface area contributed by atoms with Crippen molar-refractivity contribution in [3.8, 4) is 0 Å². The van der Waals surface area contributed by atoms with E-state index in [-0.39, 0.29) is 22.9 Å². The summed E-state index contributed by atoms with van der Waals surface area (Å²) in [5.74, 6) is 1.84. The summed E-state index contributed by atoms with van der Waals surface area (Å²) in [6.07, 6.45) is 6.11. The van der Waals surface area contributed by atoms with Gasteiger partial charge in [-0.1, -0.05) is 26.3 Å². The van der Waals surface area contributed by atoms with Gasteiger partial charge in [-0.05, 0) is 48.5 Å². The quantitative estimate of drug-likeness (QED) is 0.687. The van der Waals surface area contributed by atoms with E-state index in [2.05, 4.69) is 13.8 Å². The fourth-order valence-corrected chi connectivity index (χ4v) is 6.47. The van der Waals surface area contributed by atoms with Gasteiger partial charge in [-0.3, -0.25) is 14.4 Å². The standard InChI is InChI=1S/C20H26O3/c1-11-8-12-9-13(21)6-7-19(12,2)18-15(22)10-20(3)14(17(11)18)4-5-16(20)23/h9,11,14,17-18H,4-8,10H2,1-3H3. The van der Waals surface area contributed by atoms with Crippen LogP contribution in [0.1, 0.15) is 59.3 Å². The Labute approximate surface area is 137 Å². The van der Waals surface area contributed by atoms with E-state index < -0.39 is 5.41 Å². The normalized spacial score (nSPS) is 49.3. The Morgan fingerprint density at radius 1 is 1.09 bits per heavy atom. The van der Waals surface area contributed by atoms with Crippen molar-refractivity contribution in [2.24, 2.45) is 34.5 Å². The lowest BCUT2D eigenvalue weighted by molar-refractivity contribution is -0.153. The van der Waals surface area contributed by atoms with E-state index in [1.54, 1.807) is 0 Å². The maximum Gasteiger partial charge on any atom is 0.155 e. The van der Waals surface area contributed by atoms with Crippen molar-refractivity contribution in [1.29, 1.82) is 0 Å². The van der Waals surface area contributed by atoms with Crippen molar-refractivity contribution in [2.45, 2.75) is 59.3 Å². The zero-order valence-corrected chi connectivity index (χ0v) is 14.4. The predicted molar refractivity (Wildman–Crippen MR) is 86.7 cm³/mol. The molecule has 0 aromatic rings. The summed E-state index contributed by atoms with van der Waals surface area (Å²) in [4.78, 5) is 37.5. The van der Waals surface area contributed by atoms with Gasteiger partial charge in [-0.25, -0.2) is 0 Å². The molecule has 0 radical (unpaired) electrons. The van der Waals surface area contributed by atoms with E-state index >= 15 is 0 Å². The van der Waals surface area contributed by atoms with Crippen molar-refractivity contribution in [1.82, 2.24) is 0 Å². The number of allylic oxidation sites excluding steroid dienone is 1. The molecule has 0 spiro atoms. The van der Waals surface area contributed by atoms with E-state index in [9.17, 15) is 14.4 Å². The summed E-state index contributed by atoms with van der Waals surface area (Å²) >= 11 is 0. The van der Waals surface area contributed by atoms with E-state index in [0.717, 1.165) is 19.3 Å². The fourth-order valence-electron chi connectivity index (χ4n) is 6.47. The lowest BCUT2D eigenvalue weighted by Gasteiger charge is -2.57. The predicted octanol–water partition coefficient (Wildman–Crippen LogP) is 3.51. The van der Waals surface area contributed by atoms with E-state index in [1.165, 1.54) is 5.57 Å². The first-order chi connectivity index (χ1) is 10.8. The molecule has 4 rings (SSSR count). The van der Waals surface area contributed by atoms with Crippen LogP contribution in [0.5, 0.6) is 0 Å². The molecule has 4 aliphatic rings. The Balaban J connectivity index is 1.82. The molecule has 0 bridgehead atoms. The number of hydrogen-bond acceptors (Lipinski definition) is 3. The molecule has 124 valence electrons. The minimum atomic E-state index is -0.422. The van der Waals surface area contributed by atoms with Gasteiger partial charge in [0.1, 0.15) is 11.6 Å². The van der Waals surface area contributed by atoms with Gasteiger partial charge in [-0.2, -0.15) is 0 Å². The SMILES string of the molecule is CC1CC2=CC(=O)CCC2(C)C2C(=O)CC3(C)C(=O)CCC3C12. The van der Waals surface area contributed by atoms with Crippen molar-refractivity contribution in [3.05, 3.63) is 11.6 Å². The first-order valence-electron chi connectivity index (χ1n) is 9.07. The van der Waals surface area contributed by atoms with Crippen LogP contribution >= 0.6 is 0 Å². The summed E-state index contributed by atoms with van der Waals surface area (Å²) in [5.41, 5.74) is 0.618. The maximum absolute atomic E-state index is 13.1. The third-order valence-electron chi connectivity index (χ3n) is 7.72. The highest BCUT2D eigenvalue weighted by molar-refractivity contribution is 5.96. The molecule has 3 saturated carbocycles. The third kappa shape index (κ3) is 1.85. The monoisotopic (exact) mass is 314 g/mol. The van der Waals surface area contributed by atoms with Gasteiger partial charge in [0.05, 0.1) is 0 Å². The first kappa shape index (κ1) is 15.3. The highest BCUT2D eigenvalue weighted by Crippen LogP contribution is 2.64. The maximum atomic E-state index is 13.1. The molecular formula is C20H26O3. The summed E-state index contributed by atoms with van der Waals surface area (Å²) in [6.45, 7) is 6.46. The van der Waals surface area contributed by atoms with Crippen LogP contribution in [-0.2, 0) is 14.4 Å². The third-order valence-corrected chi connectivity index (χ3v) is 7.72. The smallest absolute Gasteiger partial charge is 0.155 e. The molecule has 0 aliphatic heterocycles. The number of carbonyl (C=O) groups is 3. The van der Waals surface area contributed by atoms with Crippen molar-refractivity contribution < 1.29 is 14.4 Å². The summed E-state index contributed by atoms with van der Waals surface area (Å²) in [7, 11) is 0. The molecule has 0 aromatic carbocycles. The largest absolute Gasteiger partial charge is 0.299 e. The number of carbonyl (C=O) groups excluding carboxylic acids is 3. The van der Waals surface area contributed by atoms with Gasteiger partial charge in [0, 0.05) is 30.6 Å². The average molecular weight is 314 g/mol. The van der Waals surface area contributed by atoms with Crippen molar-refractivity contribution in [2.75, 3.05) is 0 Å². The Morgan fingerprint density at radius 2 is 1.83 bits per heavy atom. The van der Waals surface area contributed by atoms with Gasteiger partial charge >= 0.3 is 0 Å². The van der Waals surface area contributed by atoms with Crippen LogP contribution in [0.25, 0.3) is 0 Å². The van der Waals surface area contributed by atoms with Gasteiger partial charge in [-0.15, -0.1) is 0 Å². The lowest BCUT2D eigenvalue weighted by Crippen LogP contribution is -2.57. The number of hydrogen-bond donors (Lipinski definition) is 0. The van der Waals surface area contributed by atoms with Crippen LogP contribution in [0.4, 0.5) is 0 Å². The van der Waals surface area contributed by atoms with Crippen LogP contribution in [0, 0.1) is 34.5 Å². The fraction of sp³-hybridized carbons (Fsp3) is 0.750. The van der Waals surface area contributed by atoms with Gasteiger partial charge < -0.3 is 0 Å². The topological polar surface area (TPSA) is 51.2 Å². The molecule has 0 heterocycles.